The van der Waals surface area contributed by atoms with Crippen molar-refractivity contribution in [3.63, 3.8) is 0 Å². The summed E-state index contributed by atoms with van der Waals surface area (Å²) in [6.45, 7) is 6.07. The Morgan fingerprint density at radius 2 is 1.60 bits per heavy atom. The molecular formula is C30H47N3O2. The molecule has 0 bridgehead atoms. The van der Waals surface area contributed by atoms with Gasteiger partial charge in [-0.15, -0.1) is 0 Å². The predicted octanol–water partition coefficient (Wildman–Crippen LogP) is 5.63. The van der Waals surface area contributed by atoms with Crippen LogP contribution < -0.4 is 5.32 Å². The molecule has 1 atom stereocenters. The van der Waals surface area contributed by atoms with E-state index in [2.05, 4.69) is 46.3 Å². The molecule has 0 aromatic heterocycles. The van der Waals surface area contributed by atoms with Gasteiger partial charge < -0.3 is 15.1 Å². The van der Waals surface area contributed by atoms with E-state index in [1.165, 1.54) is 43.2 Å². The minimum atomic E-state index is 0.138. The number of rotatable bonds is 10. The van der Waals surface area contributed by atoms with Gasteiger partial charge in [-0.2, -0.15) is 0 Å². The highest BCUT2D eigenvalue weighted by Gasteiger charge is 2.32. The van der Waals surface area contributed by atoms with Crippen molar-refractivity contribution >= 4 is 11.8 Å². The second kappa shape index (κ2) is 13.4. The van der Waals surface area contributed by atoms with Gasteiger partial charge in [0.05, 0.1) is 6.04 Å². The summed E-state index contributed by atoms with van der Waals surface area (Å²) in [5.41, 5.74) is 2.72. The predicted molar refractivity (Wildman–Crippen MR) is 142 cm³/mol. The van der Waals surface area contributed by atoms with Gasteiger partial charge >= 0.3 is 0 Å². The molecule has 5 nitrogen and oxygen atoms in total. The molecule has 194 valence electrons. The molecule has 0 saturated carbocycles. The lowest BCUT2D eigenvalue weighted by molar-refractivity contribution is -0.133. The smallest absolute Gasteiger partial charge is 0.223 e. The van der Waals surface area contributed by atoms with E-state index in [4.69, 9.17) is 0 Å². The lowest BCUT2D eigenvalue weighted by Gasteiger charge is -2.41. The number of fused-ring (bicyclic) bond motifs is 1. The maximum absolute atomic E-state index is 13.1. The Bertz CT molecular complexity index is 810. The standard InChI is InChI=1S/C30H47N3O2/c1-2-3-4-5-6-7-15-29(34)33-22-18-26(19-23-33)32-20-16-25(17-21-32)30(35)31-28-14-10-12-24-11-8-9-13-27(24)28/h8-9,11,13,25-26,28H,2-7,10,12,14-23H2,1H3,(H,31,35)/t28-/m1/s1. The van der Waals surface area contributed by atoms with E-state index in [0.717, 1.165) is 84.0 Å². The quantitative estimate of drug-likeness (QED) is 0.441. The lowest BCUT2D eigenvalue weighted by atomic mass is 9.86. The molecule has 35 heavy (non-hydrogen) atoms. The summed E-state index contributed by atoms with van der Waals surface area (Å²) in [7, 11) is 0. The maximum atomic E-state index is 13.1. The molecule has 2 aliphatic heterocycles. The zero-order valence-corrected chi connectivity index (χ0v) is 22.0. The zero-order valence-electron chi connectivity index (χ0n) is 22.0. The highest BCUT2D eigenvalue weighted by Crippen LogP contribution is 2.31. The fourth-order valence-electron chi connectivity index (χ4n) is 6.42. The molecule has 1 aromatic rings. The van der Waals surface area contributed by atoms with Crippen LogP contribution in [-0.2, 0) is 16.0 Å². The first-order chi connectivity index (χ1) is 17.2. The van der Waals surface area contributed by atoms with E-state index in [1.54, 1.807) is 0 Å². The van der Waals surface area contributed by atoms with Gasteiger partial charge in [-0.25, -0.2) is 0 Å². The van der Waals surface area contributed by atoms with E-state index in [0.29, 0.717) is 11.9 Å². The third kappa shape index (κ3) is 7.31. The fourth-order valence-corrected chi connectivity index (χ4v) is 6.42. The minimum absolute atomic E-state index is 0.138. The lowest BCUT2D eigenvalue weighted by Crippen LogP contribution is -2.50. The Labute approximate surface area is 213 Å². The number of piperidine rings is 2. The summed E-state index contributed by atoms with van der Waals surface area (Å²) in [6.07, 6.45) is 15.5. The molecule has 3 aliphatic rings. The summed E-state index contributed by atoms with van der Waals surface area (Å²) in [5, 5.41) is 3.39. The van der Waals surface area contributed by atoms with Gasteiger partial charge in [0.2, 0.25) is 11.8 Å². The summed E-state index contributed by atoms with van der Waals surface area (Å²) in [5.74, 6) is 0.749. The number of carbonyl (C=O) groups is 2. The van der Waals surface area contributed by atoms with Crippen LogP contribution in [0.2, 0.25) is 0 Å². The van der Waals surface area contributed by atoms with Gasteiger partial charge in [0, 0.05) is 31.5 Å². The number of hydrogen-bond donors (Lipinski definition) is 1. The first-order valence-electron chi connectivity index (χ1n) is 14.6. The van der Waals surface area contributed by atoms with E-state index in [1.807, 2.05) is 0 Å². The van der Waals surface area contributed by atoms with Crippen molar-refractivity contribution in [1.29, 1.82) is 0 Å². The zero-order chi connectivity index (χ0) is 24.5. The molecule has 1 N–H and O–H groups in total. The van der Waals surface area contributed by atoms with Crippen LogP contribution in [0.15, 0.2) is 24.3 Å². The van der Waals surface area contributed by atoms with Crippen molar-refractivity contribution in [3.8, 4) is 0 Å². The van der Waals surface area contributed by atoms with Gasteiger partial charge in [0.1, 0.15) is 0 Å². The SMILES string of the molecule is CCCCCCCCC(=O)N1CCC(N2CCC(C(=O)N[C@@H]3CCCc4ccccc43)CC2)CC1. The molecule has 5 heteroatoms. The Morgan fingerprint density at radius 3 is 2.37 bits per heavy atom. The monoisotopic (exact) mass is 481 g/mol. The number of hydrogen-bond acceptors (Lipinski definition) is 3. The maximum Gasteiger partial charge on any atom is 0.223 e. The second-order valence-corrected chi connectivity index (χ2v) is 11.1. The van der Waals surface area contributed by atoms with Crippen molar-refractivity contribution < 1.29 is 9.59 Å². The topological polar surface area (TPSA) is 52.7 Å². The van der Waals surface area contributed by atoms with Crippen molar-refractivity contribution in [2.75, 3.05) is 26.2 Å². The summed E-state index contributed by atoms with van der Waals surface area (Å²) >= 11 is 0. The third-order valence-electron chi connectivity index (χ3n) is 8.66. The third-order valence-corrected chi connectivity index (χ3v) is 8.66. The van der Waals surface area contributed by atoms with Crippen molar-refractivity contribution in [2.45, 2.75) is 109 Å². The van der Waals surface area contributed by atoms with Crippen LogP contribution in [0.1, 0.15) is 108 Å². The van der Waals surface area contributed by atoms with Crippen LogP contribution in [0.25, 0.3) is 0 Å². The molecule has 2 saturated heterocycles. The largest absolute Gasteiger partial charge is 0.349 e. The van der Waals surface area contributed by atoms with Crippen LogP contribution in [0.4, 0.5) is 0 Å². The first kappa shape index (κ1) is 26.2. The van der Waals surface area contributed by atoms with E-state index in [-0.39, 0.29) is 17.9 Å². The number of amides is 2. The summed E-state index contributed by atoms with van der Waals surface area (Å²) in [4.78, 5) is 30.4. The van der Waals surface area contributed by atoms with Gasteiger partial charge in [-0.1, -0.05) is 63.3 Å². The fraction of sp³-hybridized carbons (Fsp3) is 0.733. The average molecular weight is 482 g/mol. The molecule has 2 fully saturated rings. The summed E-state index contributed by atoms with van der Waals surface area (Å²) in [6, 6.07) is 9.35. The van der Waals surface area contributed by atoms with E-state index < -0.39 is 0 Å². The van der Waals surface area contributed by atoms with E-state index >= 15 is 0 Å². The number of aryl methyl sites for hydroxylation is 1. The Morgan fingerprint density at radius 1 is 0.886 bits per heavy atom. The number of carbonyl (C=O) groups excluding carboxylic acids is 2. The minimum Gasteiger partial charge on any atom is -0.349 e. The number of unbranched alkanes of at least 4 members (excludes halogenated alkanes) is 5. The molecule has 2 heterocycles. The Kier molecular flexibility index (Phi) is 10.1. The van der Waals surface area contributed by atoms with Gasteiger partial charge in [0.25, 0.3) is 0 Å². The highest BCUT2D eigenvalue weighted by molar-refractivity contribution is 5.79. The van der Waals surface area contributed by atoms with Crippen LogP contribution >= 0.6 is 0 Å². The Hall–Kier alpha value is -1.88. The molecule has 4 rings (SSSR count). The normalized spacial score (nSPS) is 22.1. The number of nitrogens with one attached hydrogen (secondary N) is 1. The summed E-state index contributed by atoms with van der Waals surface area (Å²) < 4.78 is 0. The van der Waals surface area contributed by atoms with Gasteiger partial charge in [-0.3, -0.25) is 9.59 Å². The molecule has 0 radical (unpaired) electrons. The first-order valence-corrected chi connectivity index (χ1v) is 14.6. The van der Waals surface area contributed by atoms with Crippen molar-refractivity contribution in [2.24, 2.45) is 5.92 Å². The molecular weight excluding hydrogens is 434 g/mol. The number of benzene rings is 1. The van der Waals surface area contributed by atoms with Crippen molar-refractivity contribution in [1.82, 2.24) is 15.1 Å². The Balaban J connectivity index is 1.14. The van der Waals surface area contributed by atoms with Gasteiger partial charge in [0.15, 0.2) is 0 Å². The number of nitrogens with zero attached hydrogens (tertiary/aromatic N) is 2. The number of likely N-dealkylation sites (tertiary alicyclic amines) is 2. The molecule has 0 spiro atoms. The molecule has 2 amide bonds. The van der Waals surface area contributed by atoms with E-state index in [9.17, 15) is 9.59 Å². The van der Waals surface area contributed by atoms with Crippen molar-refractivity contribution in [3.05, 3.63) is 35.4 Å². The van der Waals surface area contributed by atoms with Crippen LogP contribution in [0, 0.1) is 5.92 Å². The molecule has 0 unspecified atom stereocenters. The van der Waals surface area contributed by atoms with Crippen LogP contribution in [0.3, 0.4) is 0 Å². The van der Waals surface area contributed by atoms with Gasteiger partial charge in [-0.05, 0) is 75.6 Å². The van der Waals surface area contributed by atoms with Crippen LogP contribution in [-0.4, -0.2) is 53.8 Å². The molecule has 1 aliphatic carbocycles. The van der Waals surface area contributed by atoms with Crippen LogP contribution in [0.5, 0.6) is 0 Å². The second-order valence-electron chi connectivity index (χ2n) is 11.1. The average Bonchev–Trinajstić information content (AvgIpc) is 2.91. The molecule has 1 aromatic carbocycles. The highest BCUT2D eigenvalue weighted by atomic mass is 16.2.